The van der Waals surface area contributed by atoms with Crippen LogP contribution in [-0.4, -0.2) is 32.5 Å². The molecule has 0 aliphatic heterocycles. The second kappa shape index (κ2) is 8.50. The number of carbonyl (C=O) groups excluding carboxylic acids is 1. The van der Waals surface area contributed by atoms with E-state index in [0.29, 0.717) is 17.7 Å². The fourth-order valence-corrected chi connectivity index (χ4v) is 4.79. The molecule has 0 bridgehead atoms. The van der Waals surface area contributed by atoms with Gasteiger partial charge in [-0.15, -0.1) is 0 Å². The average Bonchev–Trinajstić information content (AvgIpc) is 3.11. The molecule has 0 unspecified atom stereocenters. The second-order valence-corrected chi connectivity index (χ2v) is 9.02. The zero-order valence-electron chi connectivity index (χ0n) is 16.0. The molecule has 6 nitrogen and oxygen atoms in total. The molecule has 0 heterocycles. The number of hydrogen-bond donors (Lipinski definition) is 3. The van der Waals surface area contributed by atoms with Gasteiger partial charge in [-0.05, 0) is 50.3 Å². The lowest BCUT2D eigenvalue weighted by Gasteiger charge is -2.26. The third kappa shape index (κ3) is 5.05. The lowest BCUT2D eigenvalue weighted by Crippen LogP contribution is -2.49. The zero-order chi connectivity index (χ0) is 19.4. The highest BCUT2D eigenvalue weighted by Crippen LogP contribution is 2.23. The fourth-order valence-electron chi connectivity index (χ4n) is 3.22. The summed E-state index contributed by atoms with van der Waals surface area (Å²) in [7, 11) is -3.64. The molecule has 26 heavy (non-hydrogen) atoms. The molecule has 0 radical (unpaired) electrons. The summed E-state index contributed by atoms with van der Waals surface area (Å²) in [5.41, 5.74) is 6.73. The van der Waals surface area contributed by atoms with E-state index in [1.54, 1.807) is 19.1 Å². The number of hydrogen-bond acceptors (Lipinski definition) is 4. The predicted octanol–water partition coefficient (Wildman–Crippen LogP) is 2.46. The molecule has 146 valence electrons. The first kappa shape index (κ1) is 20.9. The van der Waals surface area contributed by atoms with E-state index in [9.17, 15) is 13.2 Å². The molecule has 1 aliphatic carbocycles. The Bertz CT molecular complexity index is 736. The molecule has 0 atom stereocenters. The molecule has 1 aromatic carbocycles. The molecule has 1 aromatic rings. The van der Waals surface area contributed by atoms with Gasteiger partial charge in [-0.25, -0.2) is 13.1 Å². The molecule has 1 saturated carbocycles. The monoisotopic (exact) mass is 381 g/mol. The number of amides is 1. The molecule has 2 rings (SSSR count). The van der Waals surface area contributed by atoms with E-state index in [1.165, 1.54) is 6.07 Å². The van der Waals surface area contributed by atoms with Crippen molar-refractivity contribution in [3.05, 3.63) is 29.3 Å². The summed E-state index contributed by atoms with van der Waals surface area (Å²) >= 11 is 0. The molecule has 1 amide bonds. The Morgan fingerprint density at radius 2 is 1.85 bits per heavy atom. The molecule has 7 heteroatoms. The molecule has 1 aliphatic rings. The number of sulfonamides is 1. The maximum absolute atomic E-state index is 12.7. The van der Waals surface area contributed by atoms with Crippen molar-refractivity contribution in [1.29, 1.82) is 0 Å². The normalized spacial score (nSPS) is 16.0. The molecular weight excluding hydrogens is 350 g/mol. The molecule has 0 spiro atoms. The minimum atomic E-state index is -3.64. The Morgan fingerprint density at radius 1 is 1.23 bits per heavy atom. The maximum atomic E-state index is 12.7. The predicted molar refractivity (Wildman–Crippen MR) is 104 cm³/mol. The van der Waals surface area contributed by atoms with E-state index in [2.05, 4.69) is 10.0 Å². The number of aryl methyl sites for hydroxylation is 1. The number of benzene rings is 1. The van der Waals surface area contributed by atoms with Crippen LogP contribution in [0.5, 0.6) is 0 Å². The smallest absolute Gasteiger partial charge is 0.251 e. The number of nitrogens with two attached hydrogens (primary N) is 1. The standard InChI is InChI=1S/C19H31N3O3S/c1-4-19(20,5-2)13-21-18(23)15-11-10-14(3)17(12-15)26(24,25)22-16-8-6-7-9-16/h10-12,16,22H,4-9,13,20H2,1-3H3,(H,21,23). The highest BCUT2D eigenvalue weighted by Gasteiger charge is 2.26. The van der Waals surface area contributed by atoms with E-state index in [1.807, 2.05) is 13.8 Å². The highest BCUT2D eigenvalue weighted by molar-refractivity contribution is 7.89. The van der Waals surface area contributed by atoms with Crippen molar-refractivity contribution in [2.24, 2.45) is 5.73 Å². The van der Waals surface area contributed by atoms with Gasteiger partial charge < -0.3 is 11.1 Å². The van der Waals surface area contributed by atoms with Gasteiger partial charge in [0.1, 0.15) is 0 Å². The van der Waals surface area contributed by atoms with Gasteiger partial charge in [-0.3, -0.25) is 4.79 Å². The fraction of sp³-hybridized carbons (Fsp3) is 0.632. The Labute approximate surface area is 157 Å². The van der Waals surface area contributed by atoms with Gasteiger partial charge in [0.15, 0.2) is 0 Å². The van der Waals surface area contributed by atoms with Crippen LogP contribution in [0.2, 0.25) is 0 Å². The minimum absolute atomic E-state index is 0.0103. The summed E-state index contributed by atoms with van der Waals surface area (Å²) in [6.07, 6.45) is 5.33. The van der Waals surface area contributed by atoms with Gasteiger partial charge in [0.05, 0.1) is 4.90 Å². The summed E-state index contributed by atoms with van der Waals surface area (Å²) in [6, 6.07) is 4.77. The number of carbonyl (C=O) groups is 1. The van der Waals surface area contributed by atoms with Crippen LogP contribution in [0.1, 0.15) is 68.3 Å². The molecule has 1 fully saturated rings. The van der Waals surface area contributed by atoms with Crippen LogP contribution < -0.4 is 15.8 Å². The van der Waals surface area contributed by atoms with Crippen LogP contribution in [0, 0.1) is 6.92 Å². The Hall–Kier alpha value is -1.44. The maximum Gasteiger partial charge on any atom is 0.251 e. The molecule has 0 aromatic heterocycles. The van der Waals surface area contributed by atoms with Gasteiger partial charge in [0.25, 0.3) is 5.91 Å². The first-order valence-electron chi connectivity index (χ1n) is 9.41. The van der Waals surface area contributed by atoms with Crippen LogP contribution >= 0.6 is 0 Å². The van der Waals surface area contributed by atoms with Crippen molar-refractivity contribution in [1.82, 2.24) is 10.0 Å². The average molecular weight is 382 g/mol. The van der Waals surface area contributed by atoms with E-state index in [-0.39, 0.29) is 16.8 Å². The van der Waals surface area contributed by atoms with Crippen molar-refractivity contribution >= 4 is 15.9 Å². The quantitative estimate of drug-likeness (QED) is 0.644. The summed E-state index contributed by atoms with van der Waals surface area (Å²) in [6.45, 7) is 6.07. The second-order valence-electron chi connectivity index (χ2n) is 7.34. The first-order valence-corrected chi connectivity index (χ1v) is 10.9. The Balaban J connectivity index is 2.16. The van der Waals surface area contributed by atoms with Crippen molar-refractivity contribution in [2.45, 2.75) is 75.8 Å². The molecule has 4 N–H and O–H groups in total. The van der Waals surface area contributed by atoms with E-state index in [4.69, 9.17) is 5.73 Å². The topological polar surface area (TPSA) is 101 Å². The van der Waals surface area contributed by atoms with Crippen LogP contribution in [0.25, 0.3) is 0 Å². The Kier molecular flexibility index (Phi) is 6.82. The summed E-state index contributed by atoms with van der Waals surface area (Å²) in [5, 5.41) is 2.83. The van der Waals surface area contributed by atoms with Crippen molar-refractivity contribution in [3.63, 3.8) is 0 Å². The van der Waals surface area contributed by atoms with Crippen molar-refractivity contribution in [2.75, 3.05) is 6.54 Å². The van der Waals surface area contributed by atoms with Crippen LogP contribution in [0.4, 0.5) is 0 Å². The third-order valence-electron chi connectivity index (χ3n) is 5.43. The van der Waals surface area contributed by atoms with E-state index < -0.39 is 15.6 Å². The SMILES string of the molecule is CCC(N)(CC)CNC(=O)c1ccc(C)c(S(=O)(=O)NC2CCCC2)c1. The van der Waals surface area contributed by atoms with Gasteiger partial charge in [-0.1, -0.05) is 32.8 Å². The summed E-state index contributed by atoms with van der Waals surface area (Å²) in [4.78, 5) is 12.6. The summed E-state index contributed by atoms with van der Waals surface area (Å²) < 4.78 is 28.2. The highest BCUT2D eigenvalue weighted by atomic mass is 32.2. The number of rotatable bonds is 8. The van der Waals surface area contributed by atoms with Crippen LogP contribution in [0.15, 0.2) is 23.1 Å². The van der Waals surface area contributed by atoms with Gasteiger partial charge >= 0.3 is 0 Å². The Morgan fingerprint density at radius 3 is 2.42 bits per heavy atom. The van der Waals surface area contributed by atoms with Crippen LogP contribution in [-0.2, 0) is 10.0 Å². The van der Waals surface area contributed by atoms with Gasteiger partial charge in [-0.2, -0.15) is 0 Å². The molecular formula is C19H31N3O3S. The first-order chi connectivity index (χ1) is 12.2. The van der Waals surface area contributed by atoms with Crippen molar-refractivity contribution in [3.8, 4) is 0 Å². The van der Waals surface area contributed by atoms with Gasteiger partial charge in [0.2, 0.25) is 10.0 Å². The van der Waals surface area contributed by atoms with Gasteiger partial charge in [0, 0.05) is 23.7 Å². The largest absolute Gasteiger partial charge is 0.350 e. The van der Waals surface area contributed by atoms with E-state index >= 15 is 0 Å². The lowest BCUT2D eigenvalue weighted by molar-refractivity contribution is 0.0942. The molecule has 0 saturated heterocycles. The summed E-state index contributed by atoms with van der Waals surface area (Å²) in [5.74, 6) is -0.306. The van der Waals surface area contributed by atoms with Crippen LogP contribution in [0.3, 0.4) is 0 Å². The minimum Gasteiger partial charge on any atom is -0.350 e. The van der Waals surface area contributed by atoms with E-state index in [0.717, 1.165) is 38.5 Å². The van der Waals surface area contributed by atoms with Crippen molar-refractivity contribution < 1.29 is 13.2 Å². The lowest BCUT2D eigenvalue weighted by atomic mass is 9.94. The third-order valence-corrected chi connectivity index (χ3v) is 7.09. The zero-order valence-corrected chi connectivity index (χ0v) is 16.8. The number of nitrogens with one attached hydrogen (secondary N) is 2.